The van der Waals surface area contributed by atoms with Crippen LogP contribution in [0.1, 0.15) is 39.3 Å². The second-order valence-electron chi connectivity index (χ2n) is 5.42. The second-order valence-corrected chi connectivity index (χ2v) is 7.27. The Morgan fingerprint density at radius 2 is 2.05 bits per heavy atom. The first kappa shape index (κ1) is 16.3. The molecule has 1 N–H and O–H groups in total. The summed E-state index contributed by atoms with van der Waals surface area (Å²) in [5.41, 5.74) is 0.708. The molecule has 0 aromatic heterocycles. The van der Waals surface area contributed by atoms with Crippen molar-refractivity contribution in [3.8, 4) is 5.75 Å². The quantitative estimate of drug-likeness (QED) is 0.853. The van der Waals surface area contributed by atoms with Crippen LogP contribution in [0.5, 0.6) is 5.75 Å². The number of halogens is 1. The number of thioether (sulfide) groups is 1. The molecule has 0 aliphatic carbocycles. The Kier molecular flexibility index (Phi) is 6.14. The zero-order valence-electron chi connectivity index (χ0n) is 12.4. The highest BCUT2D eigenvalue weighted by Gasteiger charge is 2.19. The first-order chi connectivity index (χ1) is 8.87. The van der Waals surface area contributed by atoms with Crippen molar-refractivity contribution in [1.82, 2.24) is 5.32 Å². The van der Waals surface area contributed by atoms with Crippen LogP contribution in [0.3, 0.4) is 0 Å². The SMILES string of the molecule is CCNC(CSC(C)(C)C)c1ccc(OC)cc1F. The molecule has 2 nitrogen and oxygen atoms in total. The van der Waals surface area contributed by atoms with Gasteiger partial charge >= 0.3 is 0 Å². The number of methoxy groups -OCH3 is 1. The molecule has 0 radical (unpaired) electrons. The predicted octanol–water partition coefficient (Wildman–Crippen LogP) is 4.02. The van der Waals surface area contributed by atoms with Crippen LogP contribution < -0.4 is 10.1 Å². The molecule has 1 aromatic rings. The lowest BCUT2D eigenvalue weighted by Crippen LogP contribution is -2.26. The third-order valence-electron chi connectivity index (χ3n) is 2.72. The van der Waals surface area contributed by atoms with Crippen molar-refractivity contribution >= 4 is 11.8 Å². The first-order valence-corrected chi connectivity index (χ1v) is 7.56. The van der Waals surface area contributed by atoms with Gasteiger partial charge in [0.2, 0.25) is 0 Å². The minimum absolute atomic E-state index is 0.0279. The molecule has 108 valence electrons. The van der Waals surface area contributed by atoms with Crippen LogP contribution in [0.2, 0.25) is 0 Å². The van der Waals surface area contributed by atoms with E-state index >= 15 is 0 Å². The van der Waals surface area contributed by atoms with E-state index < -0.39 is 0 Å². The zero-order chi connectivity index (χ0) is 14.5. The van der Waals surface area contributed by atoms with E-state index in [-0.39, 0.29) is 16.6 Å². The van der Waals surface area contributed by atoms with Crippen molar-refractivity contribution in [1.29, 1.82) is 0 Å². The first-order valence-electron chi connectivity index (χ1n) is 6.58. The molecule has 0 saturated carbocycles. The largest absolute Gasteiger partial charge is 0.497 e. The molecule has 1 atom stereocenters. The molecule has 0 bridgehead atoms. The lowest BCUT2D eigenvalue weighted by atomic mass is 10.1. The van der Waals surface area contributed by atoms with Crippen molar-refractivity contribution in [2.24, 2.45) is 0 Å². The van der Waals surface area contributed by atoms with Crippen LogP contribution in [0, 0.1) is 5.82 Å². The van der Waals surface area contributed by atoms with E-state index in [0.717, 1.165) is 12.3 Å². The monoisotopic (exact) mass is 285 g/mol. The van der Waals surface area contributed by atoms with Gasteiger partial charge in [0, 0.05) is 28.2 Å². The van der Waals surface area contributed by atoms with Crippen LogP contribution in [-0.2, 0) is 0 Å². The Morgan fingerprint density at radius 1 is 1.37 bits per heavy atom. The van der Waals surface area contributed by atoms with Crippen molar-refractivity contribution in [3.63, 3.8) is 0 Å². The third-order valence-corrected chi connectivity index (χ3v) is 4.08. The van der Waals surface area contributed by atoms with Crippen LogP contribution in [0.15, 0.2) is 18.2 Å². The van der Waals surface area contributed by atoms with Crippen molar-refractivity contribution in [3.05, 3.63) is 29.6 Å². The van der Waals surface area contributed by atoms with Gasteiger partial charge in [-0.2, -0.15) is 11.8 Å². The highest BCUT2D eigenvalue weighted by molar-refractivity contribution is 8.00. The van der Waals surface area contributed by atoms with Gasteiger partial charge in [-0.05, 0) is 12.6 Å². The van der Waals surface area contributed by atoms with Gasteiger partial charge in [-0.3, -0.25) is 0 Å². The van der Waals surface area contributed by atoms with Gasteiger partial charge in [0.15, 0.2) is 0 Å². The Labute approximate surface area is 120 Å². The molecular weight excluding hydrogens is 261 g/mol. The van der Waals surface area contributed by atoms with Crippen molar-refractivity contribution < 1.29 is 9.13 Å². The summed E-state index contributed by atoms with van der Waals surface area (Å²) in [7, 11) is 1.55. The van der Waals surface area contributed by atoms with Gasteiger partial charge in [-0.25, -0.2) is 4.39 Å². The predicted molar refractivity (Wildman–Crippen MR) is 81.6 cm³/mol. The molecule has 0 fully saturated rings. The lowest BCUT2D eigenvalue weighted by molar-refractivity contribution is 0.409. The topological polar surface area (TPSA) is 21.3 Å². The Bertz CT molecular complexity index is 404. The summed E-state index contributed by atoms with van der Waals surface area (Å²) in [6.07, 6.45) is 0. The Balaban J connectivity index is 2.86. The molecule has 4 heteroatoms. The minimum Gasteiger partial charge on any atom is -0.497 e. The maximum absolute atomic E-state index is 14.1. The van der Waals surface area contributed by atoms with Crippen LogP contribution in [0.25, 0.3) is 0 Å². The second kappa shape index (κ2) is 7.15. The van der Waals surface area contributed by atoms with Crippen LogP contribution in [0.4, 0.5) is 4.39 Å². The molecule has 0 saturated heterocycles. The molecule has 1 aromatic carbocycles. The number of nitrogens with one attached hydrogen (secondary N) is 1. The molecule has 19 heavy (non-hydrogen) atoms. The summed E-state index contributed by atoms with van der Waals surface area (Å²) >= 11 is 1.83. The standard InChI is InChI=1S/C15H24FNOS/c1-6-17-14(10-19-15(2,3)4)12-8-7-11(18-5)9-13(12)16/h7-9,14,17H,6,10H2,1-5H3. The maximum atomic E-state index is 14.1. The normalized spacial score (nSPS) is 13.4. The fourth-order valence-electron chi connectivity index (χ4n) is 1.76. The van der Waals surface area contributed by atoms with Crippen molar-refractivity contribution in [2.75, 3.05) is 19.4 Å². The van der Waals surface area contributed by atoms with Gasteiger partial charge in [0.25, 0.3) is 0 Å². The third kappa shape index (κ3) is 5.41. The smallest absolute Gasteiger partial charge is 0.131 e. The molecule has 0 aliphatic heterocycles. The minimum atomic E-state index is -0.209. The number of benzene rings is 1. The molecule has 1 unspecified atom stereocenters. The zero-order valence-corrected chi connectivity index (χ0v) is 13.2. The van der Waals surface area contributed by atoms with Gasteiger partial charge in [-0.15, -0.1) is 0 Å². The van der Waals surface area contributed by atoms with E-state index in [1.807, 2.05) is 30.8 Å². The molecule has 0 aliphatic rings. The van der Waals surface area contributed by atoms with Crippen LogP contribution in [-0.4, -0.2) is 24.2 Å². The summed E-state index contributed by atoms with van der Waals surface area (Å²) in [5.74, 6) is 1.19. The van der Waals surface area contributed by atoms with E-state index in [1.165, 1.54) is 6.07 Å². The fraction of sp³-hybridized carbons (Fsp3) is 0.600. The van der Waals surface area contributed by atoms with Gasteiger partial charge in [-0.1, -0.05) is 33.8 Å². The fourth-order valence-corrected chi connectivity index (χ4v) is 2.72. The number of hydrogen-bond acceptors (Lipinski definition) is 3. The van der Waals surface area contributed by atoms with Crippen LogP contribution >= 0.6 is 11.8 Å². The number of rotatable bonds is 6. The van der Waals surface area contributed by atoms with E-state index in [2.05, 4.69) is 26.1 Å². The Hall–Kier alpha value is -0.740. The van der Waals surface area contributed by atoms with Gasteiger partial charge in [0.05, 0.1) is 7.11 Å². The number of hydrogen-bond donors (Lipinski definition) is 1. The maximum Gasteiger partial charge on any atom is 0.131 e. The molecule has 0 heterocycles. The highest BCUT2D eigenvalue weighted by atomic mass is 32.2. The van der Waals surface area contributed by atoms with Gasteiger partial charge in [0.1, 0.15) is 11.6 Å². The average Bonchev–Trinajstić information content (AvgIpc) is 2.33. The summed E-state index contributed by atoms with van der Waals surface area (Å²) in [6, 6.07) is 5.09. The molecular formula is C15H24FNOS. The molecule has 0 amide bonds. The summed E-state index contributed by atoms with van der Waals surface area (Å²) in [5, 5.41) is 3.35. The Morgan fingerprint density at radius 3 is 2.53 bits per heavy atom. The molecule has 0 spiro atoms. The van der Waals surface area contributed by atoms with Gasteiger partial charge < -0.3 is 10.1 Å². The summed E-state index contributed by atoms with van der Waals surface area (Å²) in [4.78, 5) is 0. The van der Waals surface area contributed by atoms with E-state index in [1.54, 1.807) is 7.11 Å². The van der Waals surface area contributed by atoms with E-state index in [9.17, 15) is 4.39 Å². The number of ether oxygens (including phenoxy) is 1. The highest BCUT2D eigenvalue weighted by Crippen LogP contribution is 2.30. The summed E-state index contributed by atoms with van der Waals surface area (Å²) < 4.78 is 19.3. The average molecular weight is 285 g/mol. The lowest BCUT2D eigenvalue weighted by Gasteiger charge is -2.24. The summed E-state index contributed by atoms with van der Waals surface area (Å²) in [6.45, 7) is 9.37. The molecule has 1 rings (SSSR count). The van der Waals surface area contributed by atoms with E-state index in [4.69, 9.17) is 4.74 Å². The van der Waals surface area contributed by atoms with E-state index in [0.29, 0.717) is 11.3 Å². The van der Waals surface area contributed by atoms with Crippen molar-refractivity contribution in [2.45, 2.75) is 38.5 Å².